The van der Waals surface area contributed by atoms with Gasteiger partial charge in [-0.3, -0.25) is 4.79 Å². The van der Waals surface area contributed by atoms with Crippen LogP contribution >= 0.6 is 0 Å². The summed E-state index contributed by atoms with van der Waals surface area (Å²) < 4.78 is 35.5. The van der Waals surface area contributed by atoms with Gasteiger partial charge >= 0.3 is 6.18 Å². The third-order valence-electron chi connectivity index (χ3n) is 2.02. The van der Waals surface area contributed by atoms with Gasteiger partial charge in [0.05, 0.1) is 6.42 Å². The number of alkyl halides is 3. The fourth-order valence-corrected chi connectivity index (χ4v) is 1.36. The summed E-state index contributed by atoms with van der Waals surface area (Å²) in [5.74, 6) is -1.22. The van der Waals surface area contributed by atoms with E-state index in [0.717, 1.165) is 0 Å². The molecular weight excluding hydrogens is 171 g/mol. The minimum absolute atomic E-state index is 0.328. The van der Waals surface area contributed by atoms with E-state index in [9.17, 15) is 18.0 Å². The summed E-state index contributed by atoms with van der Waals surface area (Å²) in [6.45, 7) is 0.444. The Kier molecular flexibility index (Phi) is 2.30. The second kappa shape index (κ2) is 2.95. The fourth-order valence-electron chi connectivity index (χ4n) is 1.36. The Morgan fingerprint density at radius 2 is 2.17 bits per heavy atom. The topological polar surface area (TPSA) is 20.3 Å². The van der Waals surface area contributed by atoms with Gasteiger partial charge < -0.3 is 4.90 Å². The Morgan fingerprint density at radius 3 is 2.50 bits per heavy atom. The van der Waals surface area contributed by atoms with Gasteiger partial charge in [-0.2, -0.15) is 13.2 Å². The molecule has 1 fully saturated rings. The van der Waals surface area contributed by atoms with Crippen molar-refractivity contribution in [2.24, 2.45) is 5.92 Å². The Bertz CT molecular complexity index is 190. The summed E-state index contributed by atoms with van der Waals surface area (Å²) in [4.78, 5) is 12.4. The van der Waals surface area contributed by atoms with Crippen LogP contribution in [0.25, 0.3) is 0 Å². The van der Waals surface area contributed by atoms with Crippen LogP contribution in [0.15, 0.2) is 0 Å². The predicted molar refractivity (Wildman–Crippen MR) is 36.4 cm³/mol. The molecule has 1 atom stereocenters. The number of rotatable bonds is 1. The first-order valence-electron chi connectivity index (χ1n) is 3.72. The van der Waals surface area contributed by atoms with Crippen molar-refractivity contribution in [2.75, 3.05) is 13.6 Å². The molecule has 0 radical (unpaired) electrons. The highest BCUT2D eigenvalue weighted by atomic mass is 19.4. The van der Waals surface area contributed by atoms with Crippen LogP contribution in [0.1, 0.15) is 12.8 Å². The minimum atomic E-state index is -4.22. The normalized spacial score (nSPS) is 25.2. The third kappa shape index (κ3) is 2.12. The maximum atomic E-state index is 11.8. The first-order chi connectivity index (χ1) is 5.40. The van der Waals surface area contributed by atoms with E-state index >= 15 is 0 Å². The molecule has 0 saturated carbocycles. The molecule has 1 aliphatic heterocycles. The van der Waals surface area contributed by atoms with Gasteiger partial charge in [-0.15, -0.1) is 0 Å². The van der Waals surface area contributed by atoms with Crippen LogP contribution in [0.2, 0.25) is 0 Å². The average Bonchev–Trinajstić information content (AvgIpc) is 2.16. The van der Waals surface area contributed by atoms with Crippen molar-refractivity contribution in [3.63, 3.8) is 0 Å². The highest BCUT2D eigenvalue weighted by molar-refractivity contribution is 5.80. The second-order valence-corrected chi connectivity index (χ2v) is 3.06. The van der Waals surface area contributed by atoms with Gasteiger partial charge in [0.25, 0.3) is 0 Å². The molecule has 0 spiro atoms. The van der Waals surface area contributed by atoms with E-state index in [0.29, 0.717) is 13.0 Å². The van der Waals surface area contributed by atoms with Crippen LogP contribution in [0.4, 0.5) is 13.2 Å². The third-order valence-corrected chi connectivity index (χ3v) is 2.02. The first-order valence-corrected chi connectivity index (χ1v) is 3.72. The lowest BCUT2D eigenvalue weighted by molar-refractivity contribution is -0.154. The van der Waals surface area contributed by atoms with Crippen LogP contribution < -0.4 is 0 Å². The molecular formula is C7H10F3NO. The lowest BCUT2D eigenvalue weighted by atomic mass is 10.0. The summed E-state index contributed by atoms with van der Waals surface area (Å²) in [6, 6.07) is 0. The zero-order valence-corrected chi connectivity index (χ0v) is 6.69. The maximum Gasteiger partial charge on any atom is 0.389 e. The van der Waals surface area contributed by atoms with Crippen molar-refractivity contribution < 1.29 is 18.0 Å². The summed E-state index contributed by atoms with van der Waals surface area (Å²) in [6.07, 6.45) is -4.86. The quantitative estimate of drug-likeness (QED) is 0.599. The van der Waals surface area contributed by atoms with Gasteiger partial charge in [0, 0.05) is 19.5 Å². The van der Waals surface area contributed by atoms with Gasteiger partial charge in [0.1, 0.15) is 0 Å². The number of likely N-dealkylation sites (tertiary alicyclic amines) is 1. The Labute approximate surface area is 68.3 Å². The molecule has 0 bridgehead atoms. The SMILES string of the molecule is CN1CCC(CC(F)(F)F)C1=O. The Hall–Kier alpha value is -0.740. The van der Waals surface area contributed by atoms with E-state index in [4.69, 9.17) is 0 Å². The zero-order chi connectivity index (χ0) is 9.35. The molecule has 2 nitrogen and oxygen atoms in total. The molecule has 1 heterocycles. The molecule has 1 unspecified atom stereocenters. The molecule has 1 saturated heterocycles. The van der Waals surface area contributed by atoms with Crippen LogP contribution in [0.3, 0.4) is 0 Å². The van der Waals surface area contributed by atoms with Crippen LogP contribution in [-0.4, -0.2) is 30.6 Å². The molecule has 0 aliphatic carbocycles. The summed E-state index contributed by atoms with van der Waals surface area (Å²) >= 11 is 0. The number of nitrogens with zero attached hydrogens (tertiary/aromatic N) is 1. The lowest BCUT2D eigenvalue weighted by Gasteiger charge is -2.11. The second-order valence-electron chi connectivity index (χ2n) is 3.06. The van der Waals surface area contributed by atoms with Crippen molar-refractivity contribution in [1.82, 2.24) is 4.90 Å². The van der Waals surface area contributed by atoms with Gasteiger partial charge in [0.15, 0.2) is 0 Å². The number of hydrogen-bond acceptors (Lipinski definition) is 1. The first kappa shape index (κ1) is 9.35. The minimum Gasteiger partial charge on any atom is -0.345 e. The number of hydrogen-bond donors (Lipinski definition) is 0. The van der Waals surface area contributed by atoms with E-state index in [1.807, 2.05) is 0 Å². The number of amides is 1. The largest absolute Gasteiger partial charge is 0.389 e. The van der Waals surface area contributed by atoms with Gasteiger partial charge in [-0.25, -0.2) is 0 Å². The summed E-state index contributed by atoms with van der Waals surface area (Å²) in [5, 5.41) is 0. The number of carbonyl (C=O) groups excluding carboxylic acids is 1. The van der Waals surface area contributed by atoms with Crippen molar-refractivity contribution in [1.29, 1.82) is 0 Å². The van der Waals surface area contributed by atoms with Crippen molar-refractivity contribution in [3.8, 4) is 0 Å². The van der Waals surface area contributed by atoms with Crippen LogP contribution in [0.5, 0.6) is 0 Å². The van der Waals surface area contributed by atoms with Crippen molar-refractivity contribution >= 4 is 5.91 Å². The van der Waals surface area contributed by atoms with Crippen molar-refractivity contribution in [2.45, 2.75) is 19.0 Å². The van der Waals surface area contributed by atoms with Crippen LogP contribution in [0, 0.1) is 5.92 Å². The molecule has 70 valence electrons. The van der Waals surface area contributed by atoms with Crippen LogP contribution in [-0.2, 0) is 4.79 Å². The van der Waals surface area contributed by atoms with E-state index in [1.165, 1.54) is 11.9 Å². The number of carbonyl (C=O) groups is 1. The molecule has 0 aromatic carbocycles. The van der Waals surface area contributed by atoms with Gasteiger partial charge in [-0.1, -0.05) is 0 Å². The Balaban J connectivity index is 2.50. The maximum absolute atomic E-state index is 11.8. The van der Waals surface area contributed by atoms with E-state index in [-0.39, 0.29) is 5.91 Å². The molecule has 12 heavy (non-hydrogen) atoms. The van der Waals surface area contributed by atoms with Gasteiger partial charge in [-0.05, 0) is 6.42 Å². The lowest BCUT2D eigenvalue weighted by Crippen LogP contribution is -2.25. The predicted octanol–water partition coefficient (Wildman–Crippen LogP) is 1.42. The summed E-state index contributed by atoms with van der Waals surface area (Å²) in [5.41, 5.74) is 0. The van der Waals surface area contributed by atoms with Gasteiger partial charge in [0.2, 0.25) is 5.91 Å². The molecule has 0 aromatic heterocycles. The number of halogens is 3. The molecule has 0 aromatic rings. The molecule has 1 amide bonds. The molecule has 1 aliphatic rings. The highest BCUT2D eigenvalue weighted by Gasteiger charge is 2.39. The average molecular weight is 181 g/mol. The van der Waals surface area contributed by atoms with E-state index < -0.39 is 18.5 Å². The highest BCUT2D eigenvalue weighted by Crippen LogP contribution is 2.30. The van der Waals surface area contributed by atoms with E-state index in [2.05, 4.69) is 0 Å². The monoisotopic (exact) mass is 181 g/mol. The molecule has 0 N–H and O–H groups in total. The standard InChI is InChI=1S/C7H10F3NO/c1-11-3-2-5(6(11)12)4-7(8,9)10/h5H,2-4H2,1H3. The fraction of sp³-hybridized carbons (Fsp3) is 0.857. The molecule has 1 rings (SSSR count). The summed E-state index contributed by atoms with van der Waals surface area (Å²) in [7, 11) is 1.53. The van der Waals surface area contributed by atoms with E-state index in [1.54, 1.807) is 0 Å². The zero-order valence-electron chi connectivity index (χ0n) is 6.69. The smallest absolute Gasteiger partial charge is 0.345 e. The van der Waals surface area contributed by atoms with Crippen molar-refractivity contribution in [3.05, 3.63) is 0 Å². The Morgan fingerprint density at radius 1 is 1.58 bits per heavy atom. The molecule has 5 heteroatoms.